The Hall–Kier alpha value is -6.17. The molecule has 1 saturated heterocycles. The van der Waals surface area contributed by atoms with Crippen molar-refractivity contribution in [3.8, 4) is 23.1 Å². The van der Waals surface area contributed by atoms with Gasteiger partial charge in [-0.1, -0.05) is 45.0 Å². The summed E-state index contributed by atoms with van der Waals surface area (Å²) in [6.45, 7) is 11.5. The van der Waals surface area contributed by atoms with E-state index in [9.17, 15) is 18.0 Å². The van der Waals surface area contributed by atoms with Crippen LogP contribution in [-0.2, 0) is 15.4 Å². The molecule has 4 aromatic carbocycles. The maximum atomic E-state index is 13.5. The molecule has 6 rings (SSSR count). The summed E-state index contributed by atoms with van der Waals surface area (Å²) in [6, 6.07) is 20.5. The molecule has 6 N–H and O–H groups in total. The van der Waals surface area contributed by atoms with Crippen molar-refractivity contribution in [2.75, 3.05) is 80.4 Å². The summed E-state index contributed by atoms with van der Waals surface area (Å²) < 4.78 is 44.2. The Kier molecular flexibility index (Phi) is 13.4. The Labute approximate surface area is 344 Å². The molecular weight excluding hydrogens is 775 g/mol. The molecular formula is C42H51N9O7S. The third-order valence-electron chi connectivity index (χ3n) is 9.53. The van der Waals surface area contributed by atoms with E-state index in [1.165, 1.54) is 14.2 Å². The van der Waals surface area contributed by atoms with Gasteiger partial charge >= 0.3 is 6.03 Å². The summed E-state index contributed by atoms with van der Waals surface area (Å²) in [5.74, 6) is 1.36. The number of fused-ring (bicyclic) bond motifs is 1. The van der Waals surface area contributed by atoms with Gasteiger partial charge in [-0.2, -0.15) is 4.98 Å². The molecule has 1 aromatic heterocycles. The Morgan fingerprint density at radius 3 is 2.31 bits per heavy atom. The predicted molar refractivity (Wildman–Crippen MR) is 231 cm³/mol. The number of anilines is 5. The van der Waals surface area contributed by atoms with Crippen LogP contribution in [0.3, 0.4) is 0 Å². The van der Waals surface area contributed by atoms with Gasteiger partial charge in [0, 0.05) is 67.5 Å². The summed E-state index contributed by atoms with van der Waals surface area (Å²) >= 11 is 0. The minimum Gasteiger partial charge on any atom is -0.496 e. The zero-order valence-electron chi connectivity index (χ0n) is 34.1. The molecule has 2 heterocycles. The molecule has 1 aliphatic heterocycles. The van der Waals surface area contributed by atoms with E-state index in [4.69, 9.17) is 14.2 Å². The highest BCUT2D eigenvalue weighted by molar-refractivity contribution is 7.92. The molecule has 59 heavy (non-hydrogen) atoms. The zero-order chi connectivity index (χ0) is 42.2. The quantitative estimate of drug-likeness (QED) is 0.0627. The van der Waals surface area contributed by atoms with Crippen molar-refractivity contribution >= 4 is 61.4 Å². The van der Waals surface area contributed by atoms with Crippen molar-refractivity contribution in [3.63, 3.8) is 0 Å². The molecule has 0 atom stereocenters. The summed E-state index contributed by atoms with van der Waals surface area (Å²) in [6.07, 6.45) is 3.47. The van der Waals surface area contributed by atoms with Gasteiger partial charge in [0.25, 0.3) is 5.91 Å². The van der Waals surface area contributed by atoms with Crippen LogP contribution >= 0.6 is 0 Å². The molecule has 0 aliphatic carbocycles. The van der Waals surface area contributed by atoms with Crippen LogP contribution in [0.4, 0.5) is 33.5 Å². The van der Waals surface area contributed by atoms with Crippen molar-refractivity contribution in [1.82, 2.24) is 25.5 Å². The largest absolute Gasteiger partial charge is 0.496 e. The van der Waals surface area contributed by atoms with Crippen molar-refractivity contribution in [1.29, 1.82) is 0 Å². The monoisotopic (exact) mass is 825 g/mol. The van der Waals surface area contributed by atoms with E-state index in [1.807, 2.05) is 45.0 Å². The molecule has 16 nitrogen and oxygen atoms in total. The number of nitrogens with one attached hydrogen (secondary N) is 6. The molecule has 1 aliphatic rings. The molecule has 17 heteroatoms. The standard InChI is InChI=1S/C42H51N9O7S/c1-42(2,3)27-24-33(38(57-5)34(25-27)50-59(6,54)55)48-41(53)47-32-14-15-35(30-11-8-7-10-29(30)32)58-37-16-18-45-40(49-37)46-28-12-13-31(36(26-28)56-4)39(52)44-17-9-21-51-22-19-43-20-23-51/h7-8,10-16,18,24-26,43,50H,9,17,19-23H2,1-6H3,(H,44,52)(H,45,46,49)(H2,47,48,53). The van der Waals surface area contributed by atoms with Gasteiger partial charge in [0.2, 0.25) is 21.9 Å². The summed E-state index contributed by atoms with van der Waals surface area (Å²) in [5, 5.41) is 16.6. The molecule has 0 radical (unpaired) electrons. The van der Waals surface area contributed by atoms with Crippen LogP contribution in [0, 0.1) is 0 Å². The lowest BCUT2D eigenvalue weighted by Gasteiger charge is -2.27. The van der Waals surface area contributed by atoms with E-state index >= 15 is 0 Å². The van der Waals surface area contributed by atoms with Gasteiger partial charge in [0.05, 0.1) is 43.1 Å². The maximum Gasteiger partial charge on any atom is 0.323 e. The number of carbonyl (C=O) groups is 2. The maximum absolute atomic E-state index is 13.5. The van der Waals surface area contributed by atoms with E-state index in [2.05, 4.69) is 46.2 Å². The molecule has 0 bridgehead atoms. The smallest absolute Gasteiger partial charge is 0.323 e. The van der Waals surface area contributed by atoms with Gasteiger partial charge in [0.15, 0.2) is 5.75 Å². The molecule has 0 spiro atoms. The number of sulfonamides is 1. The summed E-state index contributed by atoms with van der Waals surface area (Å²) in [7, 11) is -0.728. The van der Waals surface area contributed by atoms with Crippen molar-refractivity contribution in [2.45, 2.75) is 32.6 Å². The molecule has 5 aromatic rings. The first-order valence-corrected chi connectivity index (χ1v) is 21.1. The molecule has 312 valence electrons. The van der Waals surface area contributed by atoms with Crippen LogP contribution < -0.4 is 45.5 Å². The number of carbonyl (C=O) groups excluding carboxylic acids is 2. The third kappa shape index (κ3) is 11.3. The number of amides is 3. The lowest BCUT2D eigenvalue weighted by atomic mass is 9.86. The van der Waals surface area contributed by atoms with Crippen LogP contribution in [0.5, 0.6) is 23.1 Å². The van der Waals surface area contributed by atoms with Crippen molar-refractivity contribution in [3.05, 3.63) is 90.1 Å². The average molecular weight is 826 g/mol. The van der Waals surface area contributed by atoms with Crippen molar-refractivity contribution in [2.24, 2.45) is 0 Å². The minimum absolute atomic E-state index is 0.164. The van der Waals surface area contributed by atoms with E-state index in [0.29, 0.717) is 45.8 Å². The number of urea groups is 1. The lowest BCUT2D eigenvalue weighted by molar-refractivity contribution is 0.0948. The number of hydrogen-bond acceptors (Lipinski definition) is 12. The second-order valence-corrected chi connectivity index (χ2v) is 16.8. The average Bonchev–Trinajstić information content (AvgIpc) is 3.20. The number of rotatable bonds is 15. The van der Waals surface area contributed by atoms with E-state index in [1.54, 1.807) is 54.7 Å². The van der Waals surface area contributed by atoms with Crippen molar-refractivity contribution < 1.29 is 32.2 Å². The van der Waals surface area contributed by atoms with Gasteiger partial charge in [-0.3, -0.25) is 9.52 Å². The minimum atomic E-state index is -3.65. The first-order valence-electron chi connectivity index (χ1n) is 19.2. The number of hydrogen-bond donors (Lipinski definition) is 6. The Balaban J connectivity index is 1.13. The van der Waals surface area contributed by atoms with E-state index in [-0.39, 0.29) is 40.3 Å². The molecule has 1 fully saturated rings. The van der Waals surface area contributed by atoms with Gasteiger partial charge < -0.3 is 45.7 Å². The van der Waals surface area contributed by atoms with Crippen LogP contribution in [0.1, 0.15) is 43.1 Å². The second-order valence-electron chi connectivity index (χ2n) is 15.0. The summed E-state index contributed by atoms with van der Waals surface area (Å²) in [4.78, 5) is 37.8. The first kappa shape index (κ1) is 42.4. The predicted octanol–water partition coefficient (Wildman–Crippen LogP) is 6.52. The Bertz CT molecular complexity index is 2420. The van der Waals surface area contributed by atoms with Gasteiger partial charge in [0.1, 0.15) is 11.5 Å². The second kappa shape index (κ2) is 18.6. The van der Waals surface area contributed by atoms with E-state index in [0.717, 1.165) is 51.0 Å². The molecule has 0 unspecified atom stereocenters. The normalized spacial score (nSPS) is 13.3. The topological polar surface area (TPSA) is 197 Å². The van der Waals surface area contributed by atoms with Gasteiger partial charge in [-0.05, 0) is 60.3 Å². The zero-order valence-corrected chi connectivity index (χ0v) is 34.9. The fraction of sp³-hybridized carbons (Fsp3) is 0.333. The Morgan fingerprint density at radius 2 is 1.59 bits per heavy atom. The third-order valence-corrected chi connectivity index (χ3v) is 10.1. The van der Waals surface area contributed by atoms with Crippen LogP contribution in [0.25, 0.3) is 10.8 Å². The number of piperazine rings is 1. The van der Waals surface area contributed by atoms with Crippen LogP contribution in [0.2, 0.25) is 0 Å². The lowest BCUT2D eigenvalue weighted by Crippen LogP contribution is -2.44. The van der Waals surface area contributed by atoms with Gasteiger partial charge in [-0.15, -0.1) is 0 Å². The first-order chi connectivity index (χ1) is 28.2. The summed E-state index contributed by atoms with van der Waals surface area (Å²) in [5.41, 5.74) is 2.43. The fourth-order valence-electron chi connectivity index (χ4n) is 6.59. The number of benzene rings is 4. The number of methoxy groups -OCH3 is 2. The van der Waals surface area contributed by atoms with Gasteiger partial charge in [-0.25, -0.2) is 18.2 Å². The molecule has 0 saturated carbocycles. The highest BCUT2D eigenvalue weighted by Gasteiger charge is 2.23. The number of ether oxygens (including phenoxy) is 3. The number of aromatic nitrogens is 2. The highest BCUT2D eigenvalue weighted by atomic mass is 32.2. The van der Waals surface area contributed by atoms with E-state index < -0.39 is 16.1 Å². The number of nitrogens with zero attached hydrogens (tertiary/aromatic N) is 3. The SMILES string of the molecule is COc1cc(Nc2nccc(Oc3ccc(NC(=O)Nc4cc(C(C)(C)C)cc(NS(C)(=O)=O)c4OC)c4ccccc34)n2)ccc1C(=O)NCCCN1CCNCC1. The highest BCUT2D eigenvalue weighted by Crippen LogP contribution is 2.40. The van der Waals surface area contributed by atoms with Crippen LogP contribution in [-0.4, -0.2) is 95.0 Å². The Morgan fingerprint density at radius 1 is 0.864 bits per heavy atom. The van der Waals surface area contributed by atoms with Crippen LogP contribution in [0.15, 0.2) is 79.0 Å². The molecule has 3 amide bonds. The fourth-order valence-corrected chi connectivity index (χ4v) is 7.14.